The maximum atomic E-state index is 11.8. The summed E-state index contributed by atoms with van der Waals surface area (Å²) in [7, 11) is 0. The highest BCUT2D eigenvalue weighted by atomic mass is 32.1. The highest BCUT2D eigenvalue weighted by Gasteiger charge is 2.20. The highest BCUT2D eigenvalue weighted by Crippen LogP contribution is 2.30. The zero-order valence-corrected chi connectivity index (χ0v) is 18.1. The lowest BCUT2D eigenvalue weighted by molar-refractivity contribution is -0.129. The van der Waals surface area contributed by atoms with Crippen molar-refractivity contribution >= 4 is 28.2 Å². The summed E-state index contributed by atoms with van der Waals surface area (Å²) in [5.41, 5.74) is 3.58. The molecule has 1 aliphatic rings. The molecule has 1 aromatic carbocycles. The standard InChI is InChI=1S/C23H26N4O2S/c1-16-3-5-20(6-4-16)21-13-25-23(30-21)26-22-12-18(7-8-24-22)11-19-14-27(17(2)28)9-10-29-15-19/h3-8,12-13,19H,9-11,14-15H2,1-2H3,(H,24,25,26). The van der Waals surface area contributed by atoms with E-state index in [1.54, 1.807) is 18.3 Å². The molecule has 1 unspecified atom stereocenters. The van der Waals surface area contributed by atoms with Crippen LogP contribution in [0.1, 0.15) is 18.1 Å². The Bertz CT molecular complexity index is 1000. The topological polar surface area (TPSA) is 67.4 Å². The summed E-state index contributed by atoms with van der Waals surface area (Å²) < 4.78 is 5.70. The number of benzene rings is 1. The van der Waals surface area contributed by atoms with Gasteiger partial charge in [-0.05, 0) is 36.6 Å². The smallest absolute Gasteiger partial charge is 0.219 e. The second kappa shape index (κ2) is 9.36. The summed E-state index contributed by atoms with van der Waals surface area (Å²) in [5, 5.41) is 4.14. The number of carbonyl (C=O) groups is 1. The summed E-state index contributed by atoms with van der Waals surface area (Å²) in [5.74, 6) is 1.16. The number of anilines is 2. The van der Waals surface area contributed by atoms with Gasteiger partial charge < -0.3 is 15.0 Å². The number of ether oxygens (including phenoxy) is 1. The molecule has 1 saturated heterocycles. The Morgan fingerprint density at radius 1 is 1.27 bits per heavy atom. The predicted molar refractivity (Wildman–Crippen MR) is 120 cm³/mol. The second-order valence-corrected chi connectivity index (χ2v) is 8.71. The first kappa shape index (κ1) is 20.5. The van der Waals surface area contributed by atoms with Gasteiger partial charge in [-0.1, -0.05) is 41.2 Å². The van der Waals surface area contributed by atoms with E-state index in [-0.39, 0.29) is 11.8 Å². The summed E-state index contributed by atoms with van der Waals surface area (Å²) in [6.45, 7) is 6.37. The number of rotatable bonds is 5. The van der Waals surface area contributed by atoms with Gasteiger partial charge in [-0.25, -0.2) is 9.97 Å². The molecule has 0 saturated carbocycles. The molecule has 0 spiro atoms. The Morgan fingerprint density at radius 3 is 2.90 bits per heavy atom. The number of hydrogen-bond donors (Lipinski definition) is 1. The Labute approximate surface area is 180 Å². The third-order valence-corrected chi connectivity index (χ3v) is 6.17. The first-order chi connectivity index (χ1) is 14.6. The molecule has 156 valence electrons. The molecule has 0 aliphatic carbocycles. The summed E-state index contributed by atoms with van der Waals surface area (Å²) in [6, 6.07) is 12.5. The third kappa shape index (κ3) is 5.23. The molecule has 3 aromatic rings. The van der Waals surface area contributed by atoms with E-state index in [0.717, 1.165) is 34.4 Å². The normalized spacial score (nSPS) is 16.9. The van der Waals surface area contributed by atoms with Gasteiger partial charge in [-0.15, -0.1) is 0 Å². The second-order valence-electron chi connectivity index (χ2n) is 7.68. The van der Waals surface area contributed by atoms with Gasteiger partial charge >= 0.3 is 0 Å². The van der Waals surface area contributed by atoms with Crippen molar-refractivity contribution in [3.05, 3.63) is 59.9 Å². The largest absolute Gasteiger partial charge is 0.379 e. The van der Waals surface area contributed by atoms with Gasteiger partial charge in [0.1, 0.15) is 5.82 Å². The molecule has 1 aliphatic heterocycles. The first-order valence-electron chi connectivity index (χ1n) is 10.1. The van der Waals surface area contributed by atoms with E-state index in [9.17, 15) is 4.79 Å². The highest BCUT2D eigenvalue weighted by molar-refractivity contribution is 7.18. The molecule has 1 N–H and O–H groups in total. The molecule has 1 fully saturated rings. The van der Waals surface area contributed by atoms with Gasteiger partial charge in [-0.2, -0.15) is 0 Å². The van der Waals surface area contributed by atoms with E-state index in [2.05, 4.69) is 52.5 Å². The summed E-state index contributed by atoms with van der Waals surface area (Å²) in [6.07, 6.45) is 4.54. The van der Waals surface area contributed by atoms with Crippen LogP contribution in [0, 0.1) is 12.8 Å². The zero-order valence-electron chi connectivity index (χ0n) is 17.3. The van der Waals surface area contributed by atoms with Crippen LogP contribution >= 0.6 is 11.3 Å². The Hall–Kier alpha value is -2.77. The molecule has 3 heterocycles. The number of amides is 1. The van der Waals surface area contributed by atoms with E-state index in [0.29, 0.717) is 19.8 Å². The summed E-state index contributed by atoms with van der Waals surface area (Å²) in [4.78, 5) is 23.7. The van der Waals surface area contributed by atoms with Crippen LogP contribution in [0.5, 0.6) is 0 Å². The van der Waals surface area contributed by atoms with Crippen molar-refractivity contribution in [1.29, 1.82) is 0 Å². The van der Waals surface area contributed by atoms with Crippen molar-refractivity contribution in [2.75, 3.05) is 31.6 Å². The molecule has 2 aromatic heterocycles. The van der Waals surface area contributed by atoms with E-state index < -0.39 is 0 Å². The molecule has 6 nitrogen and oxygen atoms in total. The van der Waals surface area contributed by atoms with Crippen LogP contribution in [-0.2, 0) is 16.0 Å². The van der Waals surface area contributed by atoms with Crippen molar-refractivity contribution in [1.82, 2.24) is 14.9 Å². The van der Waals surface area contributed by atoms with Crippen molar-refractivity contribution in [3.63, 3.8) is 0 Å². The molecular formula is C23H26N4O2S. The van der Waals surface area contributed by atoms with Crippen molar-refractivity contribution in [3.8, 4) is 10.4 Å². The van der Waals surface area contributed by atoms with Gasteiger partial charge in [0.15, 0.2) is 5.13 Å². The number of hydrogen-bond acceptors (Lipinski definition) is 6. The minimum atomic E-state index is 0.107. The Morgan fingerprint density at radius 2 is 2.10 bits per heavy atom. The van der Waals surface area contributed by atoms with Crippen LogP contribution in [0.2, 0.25) is 0 Å². The molecular weight excluding hydrogens is 396 g/mol. The maximum absolute atomic E-state index is 11.8. The van der Waals surface area contributed by atoms with Crippen LogP contribution < -0.4 is 5.32 Å². The van der Waals surface area contributed by atoms with E-state index in [1.807, 2.05) is 23.4 Å². The van der Waals surface area contributed by atoms with Gasteiger partial charge in [0, 0.05) is 38.3 Å². The van der Waals surface area contributed by atoms with Gasteiger partial charge in [0.25, 0.3) is 0 Å². The number of nitrogens with zero attached hydrogens (tertiary/aromatic N) is 3. The van der Waals surface area contributed by atoms with E-state index in [4.69, 9.17) is 4.74 Å². The lowest BCUT2D eigenvalue weighted by atomic mass is 10.0. The lowest BCUT2D eigenvalue weighted by Gasteiger charge is -2.22. The van der Waals surface area contributed by atoms with Gasteiger partial charge in [0.05, 0.1) is 18.1 Å². The molecule has 4 rings (SSSR count). The van der Waals surface area contributed by atoms with E-state index >= 15 is 0 Å². The zero-order chi connectivity index (χ0) is 20.9. The number of aromatic nitrogens is 2. The fraction of sp³-hybridized carbons (Fsp3) is 0.348. The van der Waals surface area contributed by atoms with Crippen LogP contribution in [0.25, 0.3) is 10.4 Å². The van der Waals surface area contributed by atoms with E-state index in [1.165, 1.54) is 11.1 Å². The lowest BCUT2D eigenvalue weighted by Crippen LogP contribution is -2.34. The molecule has 0 radical (unpaired) electrons. The van der Waals surface area contributed by atoms with Gasteiger partial charge in [-0.3, -0.25) is 4.79 Å². The SMILES string of the molecule is CC(=O)N1CCOCC(Cc2ccnc(Nc3ncc(-c4ccc(C)cc4)s3)c2)C1. The van der Waals surface area contributed by atoms with Crippen molar-refractivity contribution in [2.24, 2.45) is 5.92 Å². The minimum Gasteiger partial charge on any atom is -0.379 e. The van der Waals surface area contributed by atoms with Crippen LogP contribution in [-0.4, -0.2) is 47.1 Å². The van der Waals surface area contributed by atoms with Crippen LogP contribution in [0.3, 0.4) is 0 Å². The summed E-state index contributed by atoms with van der Waals surface area (Å²) >= 11 is 1.61. The molecule has 1 amide bonds. The molecule has 7 heteroatoms. The van der Waals surface area contributed by atoms with Crippen molar-refractivity contribution in [2.45, 2.75) is 20.3 Å². The Kier molecular flexibility index (Phi) is 6.40. The minimum absolute atomic E-state index is 0.107. The quantitative estimate of drug-likeness (QED) is 0.664. The fourth-order valence-electron chi connectivity index (χ4n) is 3.59. The average Bonchev–Trinajstić information content (AvgIpc) is 3.06. The maximum Gasteiger partial charge on any atom is 0.219 e. The fourth-order valence-corrected chi connectivity index (χ4v) is 4.41. The average molecular weight is 423 g/mol. The molecule has 30 heavy (non-hydrogen) atoms. The van der Waals surface area contributed by atoms with Crippen LogP contribution in [0.4, 0.5) is 10.9 Å². The number of nitrogens with one attached hydrogen (secondary N) is 1. The number of aryl methyl sites for hydroxylation is 1. The first-order valence-corrected chi connectivity index (χ1v) is 11.0. The van der Waals surface area contributed by atoms with Gasteiger partial charge in [0.2, 0.25) is 5.91 Å². The number of carbonyl (C=O) groups excluding carboxylic acids is 1. The van der Waals surface area contributed by atoms with Crippen molar-refractivity contribution < 1.29 is 9.53 Å². The molecule has 1 atom stereocenters. The number of pyridine rings is 1. The third-order valence-electron chi connectivity index (χ3n) is 5.21. The Balaban J connectivity index is 1.42. The predicted octanol–water partition coefficient (Wildman–Crippen LogP) is 4.29. The molecule has 0 bridgehead atoms. The monoisotopic (exact) mass is 422 g/mol. The van der Waals surface area contributed by atoms with Crippen LogP contribution in [0.15, 0.2) is 48.8 Å². The number of thiazole rings is 1.